The van der Waals surface area contributed by atoms with Crippen molar-refractivity contribution in [2.75, 3.05) is 0 Å². The molecule has 1 atom stereocenters. The van der Waals surface area contributed by atoms with E-state index < -0.39 is 6.17 Å². The van der Waals surface area contributed by atoms with Crippen LogP contribution < -0.4 is 0 Å². The summed E-state index contributed by atoms with van der Waals surface area (Å²) in [7, 11) is 0. The Labute approximate surface area is 68.0 Å². The molecule has 0 N–H and O–H groups in total. The van der Waals surface area contributed by atoms with Crippen LogP contribution in [0.4, 0.5) is 4.39 Å². The second kappa shape index (κ2) is 6.32. The Hall–Kier alpha value is -0.400. The van der Waals surface area contributed by atoms with Gasteiger partial charge >= 0.3 is 0 Å². The molecular formula is C9H17FO. The summed E-state index contributed by atoms with van der Waals surface area (Å²) >= 11 is 0. The first kappa shape index (κ1) is 10.6. The lowest BCUT2D eigenvalue weighted by Gasteiger charge is -2.04. The minimum absolute atomic E-state index is 0.0872. The number of unbranched alkanes of at least 4 members (excludes halogenated alkanes) is 1. The molecule has 0 amide bonds. The smallest absolute Gasteiger partial charge is 0.129 e. The van der Waals surface area contributed by atoms with E-state index in [0.29, 0.717) is 19.3 Å². The van der Waals surface area contributed by atoms with Crippen LogP contribution in [0.25, 0.3) is 0 Å². The molecule has 66 valence electrons. The molecule has 1 unspecified atom stereocenters. The van der Waals surface area contributed by atoms with E-state index in [0.717, 1.165) is 12.8 Å². The van der Waals surface area contributed by atoms with E-state index in [1.165, 1.54) is 6.92 Å². The Balaban J connectivity index is 3.22. The van der Waals surface area contributed by atoms with Crippen LogP contribution in [-0.4, -0.2) is 12.0 Å². The molecule has 2 heteroatoms. The summed E-state index contributed by atoms with van der Waals surface area (Å²) in [6, 6.07) is 0. The molecule has 0 aliphatic heterocycles. The molecule has 0 aromatic rings. The first-order chi connectivity index (χ1) is 5.16. The van der Waals surface area contributed by atoms with Crippen LogP contribution in [0.1, 0.15) is 46.0 Å². The number of rotatable bonds is 6. The highest BCUT2D eigenvalue weighted by Gasteiger charge is 2.06. The van der Waals surface area contributed by atoms with Gasteiger partial charge in [-0.1, -0.05) is 19.8 Å². The molecule has 0 aliphatic carbocycles. The fourth-order valence-corrected chi connectivity index (χ4v) is 0.930. The van der Waals surface area contributed by atoms with E-state index in [2.05, 4.69) is 0 Å². The van der Waals surface area contributed by atoms with Crippen LogP contribution in [0.2, 0.25) is 0 Å². The van der Waals surface area contributed by atoms with Crippen molar-refractivity contribution in [3.05, 3.63) is 0 Å². The van der Waals surface area contributed by atoms with Crippen LogP contribution in [0.5, 0.6) is 0 Å². The highest BCUT2D eigenvalue weighted by Crippen LogP contribution is 2.10. The maximum absolute atomic E-state index is 12.8. The van der Waals surface area contributed by atoms with Crippen molar-refractivity contribution >= 4 is 5.78 Å². The Kier molecular flexibility index (Phi) is 6.09. The summed E-state index contributed by atoms with van der Waals surface area (Å²) in [4.78, 5) is 10.5. The largest absolute Gasteiger partial charge is 0.300 e. The quantitative estimate of drug-likeness (QED) is 0.584. The van der Waals surface area contributed by atoms with Gasteiger partial charge in [0.1, 0.15) is 12.0 Å². The number of alkyl halides is 1. The van der Waals surface area contributed by atoms with Gasteiger partial charge in [-0.25, -0.2) is 4.39 Å². The fourth-order valence-electron chi connectivity index (χ4n) is 0.930. The molecule has 0 radical (unpaired) electrons. The van der Waals surface area contributed by atoms with Crippen molar-refractivity contribution in [3.8, 4) is 0 Å². The van der Waals surface area contributed by atoms with Crippen molar-refractivity contribution in [2.45, 2.75) is 52.1 Å². The molecule has 0 aliphatic rings. The number of carbonyl (C=O) groups excluding carboxylic acids is 1. The monoisotopic (exact) mass is 160 g/mol. The van der Waals surface area contributed by atoms with Gasteiger partial charge in [-0.2, -0.15) is 0 Å². The minimum Gasteiger partial charge on any atom is -0.300 e. The molecule has 0 saturated carbocycles. The fraction of sp³-hybridized carbons (Fsp3) is 0.889. The predicted octanol–water partition coefficient (Wildman–Crippen LogP) is 2.88. The van der Waals surface area contributed by atoms with E-state index in [9.17, 15) is 9.18 Å². The zero-order valence-electron chi connectivity index (χ0n) is 7.40. The van der Waals surface area contributed by atoms with E-state index in [-0.39, 0.29) is 5.78 Å². The third-order valence-corrected chi connectivity index (χ3v) is 1.68. The van der Waals surface area contributed by atoms with Crippen LogP contribution in [-0.2, 0) is 4.79 Å². The highest BCUT2D eigenvalue weighted by atomic mass is 19.1. The summed E-state index contributed by atoms with van der Waals surface area (Å²) in [5.41, 5.74) is 0. The van der Waals surface area contributed by atoms with E-state index in [4.69, 9.17) is 0 Å². The zero-order chi connectivity index (χ0) is 8.69. The van der Waals surface area contributed by atoms with Gasteiger partial charge in [0.15, 0.2) is 0 Å². The summed E-state index contributed by atoms with van der Waals surface area (Å²) in [5.74, 6) is 0.0872. The van der Waals surface area contributed by atoms with Crippen LogP contribution >= 0.6 is 0 Å². The van der Waals surface area contributed by atoms with E-state index in [1.807, 2.05) is 6.92 Å². The lowest BCUT2D eigenvalue weighted by atomic mass is 10.1. The Bertz CT molecular complexity index is 112. The van der Waals surface area contributed by atoms with Gasteiger partial charge in [-0.3, -0.25) is 0 Å². The second-order valence-electron chi connectivity index (χ2n) is 2.98. The van der Waals surface area contributed by atoms with Gasteiger partial charge in [0.05, 0.1) is 0 Å². The SMILES string of the molecule is CCCCC(F)CCC(C)=O. The molecular weight excluding hydrogens is 143 g/mol. The van der Waals surface area contributed by atoms with Gasteiger partial charge in [0.25, 0.3) is 0 Å². The first-order valence-corrected chi connectivity index (χ1v) is 4.30. The molecule has 1 nitrogen and oxygen atoms in total. The Morgan fingerprint density at radius 3 is 2.55 bits per heavy atom. The number of halogens is 1. The molecule has 0 rings (SSSR count). The maximum Gasteiger partial charge on any atom is 0.129 e. The lowest BCUT2D eigenvalue weighted by molar-refractivity contribution is -0.117. The van der Waals surface area contributed by atoms with Gasteiger partial charge in [0, 0.05) is 6.42 Å². The molecule has 0 fully saturated rings. The van der Waals surface area contributed by atoms with Gasteiger partial charge < -0.3 is 4.79 Å². The van der Waals surface area contributed by atoms with E-state index in [1.54, 1.807) is 0 Å². The third-order valence-electron chi connectivity index (χ3n) is 1.68. The number of ketones is 1. The maximum atomic E-state index is 12.8. The molecule has 0 aromatic carbocycles. The number of hydrogen-bond acceptors (Lipinski definition) is 1. The zero-order valence-corrected chi connectivity index (χ0v) is 7.40. The molecule has 0 saturated heterocycles. The molecule has 0 aromatic heterocycles. The molecule has 11 heavy (non-hydrogen) atoms. The van der Waals surface area contributed by atoms with Gasteiger partial charge in [-0.05, 0) is 19.8 Å². The van der Waals surface area contributed by atoms with E-state index >= 15 is 0 Å². The van der Waals surface area contributed by atoms with Crippen LogP contribution in [0, 0.1) is 0 Å². The standard InChI is InChI=1S/C9H17FO/c1-3-4-5-9(10)7-6-8(2)11/h9H,3-7H2,1-2H3. The van der Waals surface area contributed by atoms with Crippen LogP contribution in [0.15, 0.2) is 0 Å². The average molecular weight is 160 g/mol. The molecule has 0 spiro atoms. The average Bonchev–Trinajstić information content (AvgIpc) is 1.97. The Morgan fingerprint density at radius 1 is 1.45 bits per heavy atom. The number of carbonyl (C=O) groups is 1. The number of hydrogen-bond donors (Lipinski definition) is 0. The van der Waals surface area contributed by atoms with Crippen molar-refractivity contribution in [3.63, 3.8) is 0 Å². The normalized spacial score (nSPS) is 13.0. The summed E-state index contributed by atoms with van der Waals surface area (Å²) < 4.78 is 12.8. The van der Waals surface area contributed by atoms with Crippen LogP contribution in [0.3, 0.4) is 0 Å². The second-order valence-corrected chi connectivity index (χ2v) is 2.98. The van der Waals surface area contributed by atoms with Crippen molar-refractivity contribution in [1.29, 1.82) is 0 Å². The summed E-state index contributed by atoms with van der Waals surface area (Å²) in [5, 5.41) is 0. The topological polar surface area (TPSA) is 17.1 Å². The predicted molar refractivity (Wildman–Crippen MR) is 44.3 cm³/mol. The molecule has 0 bridgehead atoms. The third kappa shape index (κ3) is 7.50. The van der Waals surface area contributed by atoms with Crippen molar-refractivity contribution < 1.29 is 9.18 Å². The van der Waals surface area contributed by atoms with Crippen molar-refractivity contribution in [2.24, 2.45) is 0 Å². The van der Waals surface area contributed by atoms with Gasteiger partial charge in [-0.15, -0.1) is 0 Å². The van der Waals surface area contributed by atoms with Crippen molar-refractivity contribution in [1.82, 2.24) is 0 Å². The Morgan fingerprint density at radius 2 is 2.09 bits per heavy atom. The molecule has 0 heterocycles. The first-order valence-electron chi connectivity index (χ1n) is 4.30. The van der Waals surface area contributed by atoms with Gasteiger partial charge in [0.2, 0.25) is 0 Å². The minimum atomic E-state index is -0.765. The highest BCUT2D eigenvalue weighted by molar-refractivity contribution is 5.75. The number of Topliss-reactive ketones (excluding diaryl/α,β-unsaturated/α-hetero) is 1. The summed E-state index contributed by atoms with van der Waals surface area (Å²) in [6.45, 7) is 3.55. The lowest BCUT2D eigenvalue weighted by Crippen LogP contribution is -2.02. The summed E-state index contributed by atoms with van der Waals surface area (Å²) in [6.07, 6.45) is 2.61.